The Hall–Kier alpha value is -2.87. The van der Waals surface area contributed by atoms with Crippen LogP contribution < -0.4 is 9.47 Å². The lowest BCUT2D eigenvalue weighted by atomic mass is 10.2. The second-order valence-corrected chi connectivity index (χ2v) is 6.58. The Labute approximate surface area is 167 Å². The average Bonchev–Trinajstić information content (AvgIpc) is 3.13. The molecular weight excluding hydrogens is 379 g/mol. The van der Waals surface area contributed by atoms with Gasteiger partial charge in [0.25, 0.3) is 0 Å². The highest BCUT2D eigenvalue weighted by atomic mass is 32.2. The number of aryl methyl sites for hydroxylation is 1. The van der Waals surface area contributed by atoms with Crippen molar-refractivity contribution in [1.29, 1.82) is 0 Å². The Balaban J connectivity index is 1.78. The van der Waals surface area contributed by atoms with E-state index in [2.05, 4.69) is 15.3 Å². The van der Waals surface area contributed by atoms with E-state index in [1.54, 1.807) is 42.3 Å². The van der Waals surface area contributed by atoms with Crippen LogP contribution in [0.1, 0.15) is 23.9 Å². The maximum Gasteiger partial charge on any atom is 0.211 e. The summed E-state index contributed by atoms with van der Waals surface area (Å²) in [5, 5.41) is 13.5. The molecule has 1 heterocycles. The number of ether oxygens (including phenoxy) is 2. The van der Waals surface area contributed by atoms with Crippen molar-refractivity contribution < 1.29 is 13.9 Å². The summed E-state index contributed by atoms with van der Waals surface area (Å²) in [7, 11) is 1.56. The molecule has 0 radical (unpaired) electrons. The predicted octanol–water partition coefficient (Wildman–Crippen LogP) is 4.17. The molecule has 0 atom stereocenters. The highest BCUT2D eigenvalue weighted by Crippen LogP contribution is 2.28. The molecule has 0 spiro atoms. The minimum atomic E-state index is -0.296. The molecule has 28 heavy (non-hydrogen) atoms. The number of aromatic nitrogens is 3. The lowest BCUT2D eigenvalue weighted by Gasteiger charge is -2.11. The molecule has 0 amide bonds. The van der Waals surface area contributed by atoms with Crippen LogP contribution in [0.2, 0.25) is 0 Å². The first-order chi connectivity index (χ1) is 13.7. The first kappa shape index (κ1) is 19.9. The number of rotatable bonds is 8. The van der Waals surface area contributed by atoms with Gasteiger partial charge in [-0.2, -0.15) is 9.78 Å². The van der Waals surface area contributed by atoms with Gasteiger partial charge in [0.05, 0.1) is 13.3 Å². The summed E-state index contributed by atoms with van der Waals surface area (Å²) in [6.07, 6.45) is 4.38. The fourth-order valence-electron chi connectivity index (χ4n) is 2.54. The van der Waals surface area contributed by atoms with E-state index >= 15 is 0 Å². The van der Waals surface area contributed by atoms with Crippen molar-refractivity contribution in [2.24, 2.45) is 5.10 Å². The van der Waals surface area contributed by atoms with E-state index in [1.165, 1.54) is 17.8 Å². The quantitative estimate of drug-likeness (QED) is 0.419. The van der Waals surface area contributed by atoms with Gasteiger partial charge >= 0.3 is 0 Å². The van der Waals surface area contributed by atoms with Crippen molar-refractivity contribution in [2.75, 3.05) is 13.4 Å². The molecule has 0 saturated carbocycles. The number of thioether (sulfide) groups is 1. The smallest absolute Gasteiger partial charge is 0.211 e. The van der Waals surface area contributed by atoms with Gasteiger partial charge < -0.3 is 9.47 Å². The Morgan fingerprint density at radius 3 is 2.71 bits per heavy atom. The van der Waals surface area contributed by atoms with Crippen molar-refractivity contribution in [3.63, 3.8) is 0 Å². The zero-order valence-corrected chi connectivity index (χ0v) is 16.7. The molecule has 6 nitrogen and oxygen atoms in total. The summed E-state index contributed by atoms with van der Waals surface area (Å²) in [5.74, 6) is 1.57. The summed E-state index contributed by atoms with van der Waals surface area (Å²) < 4.78 is 26.6. The highest BCUT2D eigenvalue weighted by Gasteiger charge is 2.10. The standard InChI is InChI=1S/C20H21FN4O2S/c1-4-19-23-24-20(28-3)25(19)22-12-14-9-10-17(18(11-14)26-2)27-13-15-7-5-6-8-16(15)21/h5-12H,4,13H2,1-3H3/b22-12-. The van der Waals surface area contributed by atoms with Crippen LogP contribution in [0.15, 0.2) is 52.7 Å². The maximum atomic E-state index is 13.8. The Morgan fingerprint density at radius 2 is 2.00 bits per heavy atom. The lowest BCUT2D eigenvalue weighted by molar-refractivity contribution is 0.279. The van der Waals surface area contributed by atoms with Crippen LogP contribution in [-0.4, -0.2) is 34.5 Å². The lowest BCUT2D eigenvalue weighted by Crippen LogP contribution is -2.01. The minimum Gasteiger partial charge on any atom is -0.493 e. The molecule has 0 aliphatic rings. The van der Waals surface area contributed by atoms with Crippen molar-refractivity contribution in [3.05, 3.63) is 65.2 Å². The maximum absolute atomic E-state index is 13.8. The van der Waals surface area contributed by atoms with E-state index in [-0.39, 0.29) is 12.4 Å². The molecule has 3 rings (SSSR count). The van der Waals surface area contributed by atoms with Gasteiger partial charge in [-0.05, 0) is 36.1 Å². The zero-order valence-electron chi connectivity index (χ0n) is 15.9. The van der Waals surface area contributed by atoms with Gasteiger partial charge in [-0.25, -0.2) is 4.39 Å². The van der Waals surface area contributed by atoms with E-state index in [9.17, 15) is 4.39 Å². The monoisotopic (exact) mass is 400 g/mol. The minimum absolute atomic E-state index is 0.119. The van der Waals surface area contributed by atoms with Gasteiger partial charge in [-0.1, -0.05) is 36.9 Å². The molecule has 0 saturated heterocycles. The normalized spacial score (nSPS) is 11.1. The molecule has 2 aromatic carbocycles. The van der Waals surface area contributed by atoms with Crippen LogP contribution in [0.3, 0.4) is 0 Å². The van der Waals surface area contributed by atoms with Crippen molar-refractivity contribution in [3.8, 4) is 11.5 Å². The summed E-state index contributed by atoms with van der Waals surface area (Å²) in [4.78, 5) is 0. The second-order valence-electron chi connectivity index (χ2n) is 5.80. The van der Waals surface area contributed by atoms with Crippen molar-refractivity contribution >= 4 is 18.0 Å². The van der Waals surface area contributed by atoms with Crippen LogP contribution >= 0.6 is 11.8 Å². The SMILES string of the molecule is CCc1nnc(SC)n1/N=C\c1ccc(OCc2ccccc2F)c(OC)c1. The number of benzene rings is 2. The van der Waals surface area contributed by atoms with E-state index in [0.717, 1.165) is 23.0 Å². The third-order valence-corrected chi connectivity index (χ3v) is 4.65. The Bertz CT molecular complexity index is 953. The molecule has 0 fully saturated rings. The van der Waals surface area contributed by atoms with Crippen LogP contribution in [0, 0.1) is 5.82 Å². The summed E-state index contributed by atoms with van der Waals surface area (Å²) in [6.45, 7) is 2.12. The summed E-state index contributed by atoms with van der Waals surface area (Å²) >= 11 is 1.48. The van der Waals surface area contributed by atoms with Crippen LogP contribution in [0.25, 0.3) is 0 Å². The van der Waals surface area contributed by atoms with Crippen LogP contribution in [0.5, 0.6) is 11.5 Å². The Kier molecular flexibility index (Phi) is 6.65. The summed E-state index contributed by atoms with van der Waals surface area (Å²) in [6, 6.07) is 12.0. The topological polar surface area (TPSA) is 61.5 Å². The number of hydrogen-bond acceptors (Lipinski definition) is 6. The van der Waals surface area contributed by atoms with E-state index in [4.69, 9.17) is 9.47 Å². The third kappa shape index (κ3) is 4.51. The number of nitrogens with zero attached hydrogens (tertiary/aromatic N) is 4. The van der Waals surface area contributed by atoms with Gasteiger partial charge in [0.15, 0.2) is 17.3 Å². The average molecular weight is 400 g/mol. The van der Waals surface area contributed by atoms with Crippen LogP contribution in [-0.2, 0) is 13.0 Å². The summed E-state index contributed by atoms with van der Waals surface area (Å²) in [5.41, 5.74) is 1.32. The first-order valence-corrected chi connectivity index (χ1v) is 9.95. The van der Waals surface area contributed by atoms with E-state index in [0.29, 0.717) is 17.1 Å². The Morgan fingerprint density at radius 1 is 1.18 bits per heavy atom. The van der Waals surface area contributed by atoms with Crippen molar-refractivity contribution in [1.82, 2.24) is 14.9 Å². The van der Waals surface area contributed by atoms with Gasteiger partial charge in [0.1, 0.15) is 12.4 Å². The molecule has 3 aromatic rings. The van der Waals surface area contributed by atoms with E-state index < -0.39 is 0 Å². The van der Waals surface area contributed by atoms with E-state index in [1.807, 2.05) is 25.3 Å². The zero-order chi connectivity index (χ0) is 19.9. The third-order valence-electron chi connectivity index (χ3n) is 4.03. The molecule has 0 bridgehead atoms. The molecule has 146 valence electrons. The molecule has 1 aromatic heterocycles. The fraction of sp³-hybridized carbons (Fsp3) is 0.250. The molecule has 0 aliphatic heterocycles. The number of halogens is 1. The molecule has 0 N–H and O–H groups in total. The molecule has 0 unspecified atom stereocenters. The molecule has 8 heteroatoms. The van der Waals surface area contributed by atoms with Gasteiger partial charge in [0, 0.05) is 12.0 Å². The largest absolute Gasteiger partial charge is 0.493 e. The fourth-order valence-corrected chi connectivity index (χ4v) is 2.99. The number of methoxy groups -OCH3 is 1. The molecule has 0 aliphatic carbocycles. The predicted molar refractivity (Wildman–Crippen MR) is 108 cm³/mol. The molecular formula is C20H21FN4O2S. The van der Waals surface area contributed by atoms with Crippen molar-refractivity contribution in [2.45, 2.75) is 25.1 Å². The second kappa shape index (κ2) is 9.36. The van der Waals surface area contributed by atoms with Gasteiger partial charge in [0.2, 0.25) is 5.16 Å². The van der Waals surface area contributed by atoms with Crippen LogP contribution in [0.4, 0.5) is 4.39 Å². The number of hydrogen-bond donors (Lipinski definition) is 0. The first-order valence-electron chi connectivity index (χ1n) is 8.73. The van der Waals surface area contributed by atoms with Gasteiger partial charge in [-0.3, -0.25) is 0 Å². The van der Waals surface area contributed by atoms with Gasteiger partial charge in [-0.15, -0.1) is 10.2 Å². The highest BCUT2D eigenvalue weighted by molar-refractivity contribution is 7.98.